The molecular weight excluding hydrogens is 248 g/mol. The number of hydrogen-bond acceptors (Lipinski definition) is 4. The highest BCUT2D eigenvalue weighted by atomic mass is 16.3. The van der Waals surface area contributed by atoms with E-state index in [-0.39, 0.29) is 17.9 Å². The van der Waals surface area contributed by atoms with Gasteiger partial charge in [-0.1, -0.05) is 12.2 Å². The summed E-state index contributed by atoms with van der Waals surface area (Å²) in [4.78, 5) is 35.6. The fourth-order valence-electron chi connectivity index (χ4n) is 2.28. The van der Waals surface area contributed by atoms with Crippen LogP contribution in [-0.4, -0.2) is 20.0 Å². The summed E-state index contributed by atoms with van der Waals surface area (Å²) in [6, 6.07) is 0. The minimum atomic E-state index is -0.743. The second kappa shape index (κ2) is 4.87. The highest BCUT2D eigenvalue weighted by molar-refractivity contribution is 5.98. The zero-order valence-electron chi connectivity index (χ0n) is 10.9. The lowest BCUT2D eigenvalue weighted by molar-refractivity contribution is 0.0962. The summed E-state index contributed by atoms with van der Waals surface area (Å²) in [5, 5.41) is 9.84. The molecule has 0 saturated heterocycles. The summed E-state index contributed by atoms with van der Waals surface area (Å²) >= 11 is 0. The van der Waals surface area contributed by atoms with Crippen LogP contribution in [0.15, 0.2) is 21.7 Å². The van der Waals surface area contributed by atoms with E-state index < -0.39 is 22.9 Å². The van der Waals surface area contributed by atoms with E-state index in [1.165, 1.54) is 14.1 Å². The number of Topliss-reactive ketones (excluding diaryl/α,β-unsaturated/α-hetero) is 1. The molecule has 1 heterocycles. The van der Waals surface area contributed by atoms with E-state index in [9.17, 15) is 19.5 Å². The fraction of sp³-hybridized carbons (Fsp3) is 0.462. The first-order chi connectivity index (χ1) is 8.93. The van der Waals surface area contributed by atoms with Gasteiger partial charge in [0, 0.05) is 20.5 Å². The molecule has 0 aromatic carbocycles. The van der Waals surface area contributed by atoms with Crippen LogP contribution >= 0.6 is 0 Å². The van der Waals surface area contributed by atoms with Gasteiger partial charge in [0.15, 0.2) is 5.78 Å². The zero-order chi connectivity index (χ0) is 14.2. The molecule has 2 rings (SSSR count). The van der Waals surface area contributed by atoms with Gasteiger partial charge in [-0.3, -0.25) is 18.7 Å². The number of ketones is 1. The van der Waals surface area contributed by atoms with E-state index in [2.05, 4.69) is 0 Å². The number of nitrogens with zero attached hydrogens (tertiary/aromatic N) is 2. The lowest BCUT2D eigenvalue weighted by Crippen LogP contribution is -2.40. The Balaban J connectivity index is 2.45. The minimum absolute atomic E-state index is 0.105. The molecule has 1 aliphatic rings. The molecule has 0 fully saturated rings. The fourth-order valence-corrected chi connectivity index (χ4v) is 2.28. The minimum Gasteiger partial charge on any atom is -0.494 e. The van der Waals surface area contributed by atoms with Crippen LogP contribution in [0.4, 0.5) is 0 Å². The molecule has 1 atom stereocenters. The second-order valence-corrected chi connectivity index (χ2v) is 4.80. The predicted molar refractivity (Wildman–Crippen MR) is 69.4 cm³/mol. The van der Waals surface area contributed by atoms with Crippen molar-refractivity contribution in [2.45, 2.75) is 19.3 Å². The molecule has 0 bridgehead atoms. The van der Waals surface area contributed by atoms with Crippen molar-refractivity contribution < 1.29 is 9.90 Å². The van der Waals surface area contributed by atoms with Crippen LogP contribution in [-0.2, 0) is 14.1 Å². The van der Waals surface area contributed by atoms with E-state index in [4.69, 9.17) is 0 Å². The van der Waals surface area contributed by atoms with Crippen LogP contribution in [0.25, 0.3) is 0 Å². The van der Waals surface area contributed by atoms with Gasteiger partial charge in [-0.15, -0.1) is 0 Å². The molecule has 0 saturated carbocycles. The molecule has 1 unspecified atom stereocenters. The van der Waals surface area contributed by atoms with Crippen molar-refractivity contribution in [3.05, 3.63) is 38.6 Å². The van der Waals surface area contributed by atoms with E-state index in [1.54, 1.807) is 0 Å². The van der Waals surface area contributed by atoms with Crippen molar-refractivity contribution in [3.63, 3.8) is 0 Å². The number of hydrogen-bond donors (Lipinski definition) is 1. The molecule has 0 amide bonds. The predicted octanol–water partition coefficient (Wildman–Crippen LogP) is 0.329. The van der Waals surface area contributed by atoms with Crippen molar-refractivity contribution in [3.8, 4) is 5.88 Å². The molecular formula is C13H16N2O4. The van der Waals surface area contributed by atoms with E-state index in [1.807, 2.05) is 12.2 Å². The number of aromatic nitrogens is 2. The zero-order valence-corrected chi connectivity index (χ0v) is 10.9. The molecule has 102 valence electrons. The summed E-state index contributed by atoms with van der Waals surface area (Å²) in [6.45, 7) is 0. The molecule has 1 aromatic heterocycles. The van der Waals surface area contributed by atoms with Gasteiger partial charge in [-0.05, 0) is 18.8 Å². The maximum atomic E-state index is 12.1. The van der Waals surface area contributed by atoms with Gasteiger partial charge in [-0.25, -0.2) is 4.79 Å². The maximum absolute atomic E-state index is 12.1. The molecule has 19 heavy (non-hydrogen) atoms. The monoisotopic (exact) mass is 264 g/mol. The normalized spacial score (nSPS) is 17.9. The Morgan fingerprint density at radius 2 is 2.05 bits per heavy atom. The van der Waals surface area contributed by atoms with Crippen molar-refractivity contribution in [1.82, 2.24) is 9.13 Å². The van der Waals surface area contributed by atoms with Crippen LogP contribution in [0.1, 0.15) is 29.6 Å². The SMILES string of the molecule is Cn1c(O)c(C(=O)CC2C=CCC2)c(=O)n(C)c1=O. The molecule has 0 radical (unpaired) electrons. The van der Waals surface area contributed by atoms with Crippen LogP contribution in [0.5, 0.6) is 5.88 Å². The molecule has 6 nitrogen and oxygen atoms in total. The molecule has 1 aliphatic carbocycles. The molecule has 0 aliphatic heterocycles. The van der Waals surface area contributed by atoms with Crippen LogP contribution in [0, 0.1) is 5.92 Å². The van der Waals surface area contributed by atoms with Crippen LogP contribution in [0.2, 0.25) is 0 Å². The van der Waals surface area contributed by atoms with E-state index in [0.717, 1.165) is 22.0 Å². The average Bonchev–Trinajstić information content (AvgIpc) is 2.87. The third kappa shape index (κ3) is 2.25. The van der Waals surface area contributed by atoms with Gasteiger partial charge in [0.05, 0.1) is 0 Å². The van der Waals surface area contributed by atoms with Crippen molar-refractivity contribution in [1.29, 1.82) is 0 Å². The molecule has 1 aromatic rings. The van der Waals surface area contributed by atoms with Crippen LogP contribution < -0.4 is 11.2 Å². The van der Waals surface area contributed by atoms with E-state index in [0.29, 0.717) is 0 Å². The summed E-state index contributed by atoms with van der Waals surface area (Å²) in [6.07, 6.45) is 5.92. The Morgan fingerprint density at radius 3 is 2.63 bits per heavy atom. The Hall–Kier alpha value is -2.11. The van der Waals surface area contributed by atoms with Crippen LogP contribution in [0.3, 0.4) is 0 Å². The maximum Gasteiger partial charge on any atom is 0.333 e. The summed E-state index contributed by atoms with van der Waals surface area (Å²) in [7, 11) is 2.61. The van der Waals surface area contributed by atoms with Crippen molar-refractivity contribution in [2.75, 3.05) is 0 Å². The van der Waals surface area contributed by atoms with Gasteiger partial charge in [0.1, 0.15) is 5.56 Å². The Labute approximate surface area is 109 Å². The van der Waals surface area contributed by atoms with Gasteiger partial charge in [0.25, 0.3) is 5.56 Å². The Kier molecular flexibility index (Phi) is 3.42. The summed E-state index contributed by atoms with van der Waals surface area (Å²) in [5.41, 5.74) is -1.70. The topological polar surface area (TPSA) is 81.3 Å². The third-order valence-electron chi connectivity index (χ3n) is 3.47. The summed E-state index contributed by atoms with van der Waals surface area (Å²) < 4.78 is 1.73. The lowest BCUT2D eigenvalue weighted by Gasteiger charge is -2.11. The van der Waals surface area contributed by atoms with Crippen molar-refractivity contribution in [2.24, 2.45) is 20.0 Å². The van der Waals surface area contributed by atoms with Gasteiger partial charge < -0.3 is 5.11 Å². The number of aromatic hydroxyl groups is 1. The molecule has 6 heteroatoms. The first-order valence-electron chi connectivity index (χ1n) is 6.12. The second-order valence-electron chi connectivity index (χ2n) is 4.80. The largest absolute Gasteiger partial charge is 0.494 e. The van der Waals surface area contributed by atoms with E-state index >= 15 is 0 Å². The van der Waals surface area contributed by atoms with Gasteiger partial charge >= 0.3 is 5.69 Å². The van der Waals surface area contributed by atoms with Crippen molar-refractivity contribution >= 4 is 5.78 Å². The number of allylic oxidation sites excluding steroid dienone is 2. The number of carbonyl (C=O) groups is 1. The first-order valence-corrected chi connectivity index (χ1v) is 6.12. The Bertz CT molecular complexity index is 666. The summed E-state index contributed by atoms with van der Waals surface area (Å²) in [5.74, 6) is -0.876. The highest BCUT2D eigenvalue weighted by Gasteiger charge is 2.24. The third-order valence-corrected chi connectivity index (χ3v) is 3.47. The average molecular weight is 264 g/mol. The molecule has 0 spiro atoms. The quantitative estimate of drug-likeness (QED) is 0.630. The number of carbonyl (C=O) groups excluding carboxylic acids is 1. The van der Waals surface area contributed by atoms with Gasteiger partial charge in [-0.2, -0.15) is 0 Å². The standard InChI is InChI=1S/C13H16N2O4/c1-14-11(17)10(12(18)15(2)13(14)19)9(16)7-8-5-3-4-6-8/h3,5,8,17H,4,6-7H2,1-2H3. The highest BCUT2D eigenvalue weighted by Crippen LogP contribution is 2.23. The smallest absolute Gasteiger partial charge is 0.333 e. The van der Waals surface area contributed by atoms with Gasteiger partial charge in [0.2, 0.25) is 5.88 Å². The first kappa shape index (κ1) is 13.3. The molecule has 1 N–H and O–H groups in total. The Morgan fingerprint density at radius 1 is 1.37 bits per heavy atom. The lowest BCUT2D eigenvalue weighted by atomic mass is 9.99. The number of rotatable bonds is 3.